The van der Waals surface area contributed by atoms with E-state index in [9.17, 15) is 0 Å². The summed E-state index contributed by atoms with van der Waals surface area (Å²) in [6.07, 6.45) is 0. The molecule has 5 nitrogen and oxygen atoms in total. The lowest BCUT2D eigenvalue weighted by molar-refractivity contribution is 0.00578. The lowest BCUT2D eigenvalue weighted by atomic mass is 9.75. The predicted molar refractivity (Wildman–Crippen MR) is 183 cm³/mol. The molecule has 0 spiro atoms. The van der Waals surface area contributed by atoms with Crippen LogP contribution in [0.1, 0.15) is 27.7 Å². The topological polar surface area (TPSA) is 57.1 Å². The van der Waals surface area contributed by atoms with Crippen LogP contribution in [0.5, 0.6) is 0 Å². The summed E-state index contributed by atoms with van der Waals surface area (Å²) in [6, 6.07) is 45.5. The van der Waals surface area contributed by atoms with E-state index < -0.39 is 18.3 Å². The Morgan fingerprint density at radius 3 is 1.22 bits per heavy atom. The molecule has 0 unspecified atom stereocenters. The van der Waals surface area contributed by atoms with Crippen LogP contribution in [0.3, 0.4) is 0 Å². The van der Waals surface area contributed by atoms with Crippen LogP contribution in [-0.2, 0) is 9.31 Å². The first-order chi connectivity index (χ1) is 21.8. The number of aromatic nitrogens is 3. The highest BCUT2D eigenvalue weighted by molar-refractivity contribution is 6.63. The van der Waals surface area contributed by atoms with E-state index in [2.05, 4.69) is 100 Å². The third kappa shape index (κ3) is 5.71. The molecule has 1 saturated heterocycles. The van der Waals surface area contributed by atoms with Gasteiger partial charge in [-0.05, 0) is 55.4 Å². The van der Waals surface area contributed by atoms with Crippen molar-refractivity contribution in [3.05, 3.63) is 133 Å². The standard InChI is InChI=1S/C39H34BN3O2/c1-38(2)39(3,4)45-40(44-38)34-18-12-11-17-33(34)37-42-35(31-23-19-29(20-24-31)27-13-7-5-8-14-27)41-36(43-37)32-25-21-30(22-26-32)28-15-9-6-10-16-28/h5-26H,1-4H3. The predicted octanol–water partition coefficient (Wildman–Crippen LogP) is 8.51. The van der Waals surface area contributed by atoms with E-state index in [0.29, 0.717) is 17.5 Å². The number of hydrogen-bond acceptors (Lipinski definition) is 5. The van der Waals surface area contributed by atoms with E-state index in [0.717, 1.165) is 44.4 Å². The van der Waals surface area contributed by atoms with Crippen LogP contribution >= 0.6 is 0 Å². The molecule has 6 heteroatoms. The molecule has 0 radical (unpaired) electrons. The first kappa shape index (κ1) is 28.8. The molecule has 1 aliphatic rings. The third-order valence-corrected chi connectivity index (χ3v) is 8.84. The SMILES string of the molecule is CC1(C)OB(c2ccccc2-c2nc(-c3ccc(-c4ccccc4)cc3)nc(-c3ccc(-c4ccccc4)cc3)n2)OC1(C)C. The quantitative estimate of drug-likeness (QED) is 0.183. The highest BCUT2D eigenvalue weighted by Gasteiger charge is 2.52. The zero-order valence-electron chi connectivity index (χ0n) is 25.9. The maximum absolute atomic E-state index is 6.46. The Morgan fingerprint density at radius 2 is 0.756 bits per heavy atom. The molecule has 1 aliphatic heterocycles. The maximum Gasteiger partial charge on any atom is 0.495 e. The third-order valence-electron chi connectivity index (χ3n) is 8.84. The second-order valence-corrected chi connectivity index (χ2v) is 12.4. The van der Waals surface area contributed by atoms with Crippen LogP contribution in [0.2, 0.25) is 0 Å². The molecule has 5 aromatic carbocycles. The number of hydrogen-bond donors (Lipinski definition) is 0. The van der Waals surface area contributed by atoms with Gasteiger partial charge < -0.3 is 9.31 Å². The Labute approximate surface area is 265 Å². The first-order valence-corrected chi connectivity index (χ1v) is 15.3. The fourth-order valence-corrected chi connectivity index (χ4v) is 5.52. The second kappa shape index (κ2) is 11.5. The molecule has 220 valence electrons. The minimum absolute atomic E-state index is 0.471. The van der Waals surface area contributed by atoms with Gasteiger partial charge >= 0.3 is 7.12 Å². The zero-order chi connectivity index (χ0) is 31.0. The molecular weight excluding hydrogens is 553 g/mol. The molecule has 0 N–H and O–H groups in total. The lowest BCUT2D eigenvalue weighted by Gasteiger charge is -2.32. The van der Waals surface area contributed by atoms with Gasteiger partial charge in [0.05, 0.1) is 11.2 Å². The van der Waals surface area contributed by atoms with Crippen molar-refractivity contribution in [2.24, 2.45) is 0 Å². The minimum Gasteiger partial charge on any atom is -0.399 e. The van der Waals surface area contributed by atoms with Gasteiger partial charge in [-0.2, -0.15) is 0 Å². The summed E-state index contributed by atoms with van der Waals surface area (Å²) in [6.45, 7) is 8.25. The molecular formula is C39H34BN3O2. The Morgan fingerprint density at radius 1 is 0.400 bits per heavy atom. The molecule has 0 bridgehead atoms. The Hall–Kier alpha value is -4.91. The zero-order valence-corrected chi connectivity index (χ0v) is 25.9. The molecule has 1 aromatic heterocycles. The molecule has 7 rings (SSSR count). The Balaban J connectivity index is 1.33. The van der Waals surface area contributed by atoms with Crippen molar-refractivity contribution in [1.82, 2.24) is 15.0 Å². The van der Waals surface area contributed by atoms with Gasteiger partial charge in [0.15, 0.2) is 17.5 Å². The minimum atomic E-state index is -0.551. The summed E-state index contributed by atoms with van der Waals surface area (Å²) >= 11 is 0. The molecule has 0 saturated carbocycles. The van der Waals surface area contributed by atoms with Crippen molar-refractivity contribution >= 4 is 12.6 Å². The van der Waals surface area contributed by atoms with Crippen LogP contribution in [0.25, 0.3) is 56.4 Å². The van der Waals surface area contributed by atoms with E-state index in [4.69, 9.17) is 24.3 Å². The van der Waals surface area contributed by atoms with Crippen molar-refractivity contribution in [2.75, 3.05) is 0 Å². The number of benzene rings is 5. The van der Waals surface area contributed by atoms with Crippen molar-refractivity contribution < 1.29 is 9.31 Å². The van der Waals surface area contributed by atoms with Crippen molar-refractivity contribution in [2.45, 2.75) is 38.9 Å². The highest BCUT2D eigenvalue weighted by atomic mass is 16.7. The monoisotopic (exact) mass is 587 g/mol. The van der Waals surface area contributed by atoms with Crippen LogP contribution in [-0.4, -0.2) is 33.3 Å². The molecule has 2 heterocycles. The van der Waals surface area contributed by atoms with E-state index in [1.165, 1.54) is 0 Å². The Kier molecular flexibility index (Phi) is 7.40. The smallest absolute Gasteiger partial charge is 0.399 e. The molecule has 45 heavy (non-hydrogen) atoms. The number of rotatable bonds is 6. The van der Waals surface area contributed by atoms with Gasteiger partial charge in [0.25, 0.3) is 0 Å². The highest BCUT2D eigenvalue weighted by Crippen LogP contribution is 2.37. The van der Waals surface area contributed by atoms with Crippen molar-refractivity contribution in [3.8, 4) is 56.4 Å². The fourth-order valence-electron chi connectivity index (χ4n) is 5.52. The summed E-state index contributed by atoms with van der Waals surface area (Å²) in [5.74, 6) is 1.77. The average molecular weight is 588 g/mol. The molecule has 0 amide bonds. The van der Waals surface area contributed by atoms with Gasteiger partial charge in [0.1, 0.15) is 0 Å². The summed E-state index contributed by atoms with van der Waals surface area (Å²) in [5, 5.41) is 0. The van der Waals surface area contributed by atoms with Crippen LogP contribution in [0.15, 0.2) is 133 Å². The lowest BCUT2D eigenvalue weighted by Crippen LogP contribution is -2.41. The van der Waals surface area contributed by atoms with Crippen LogP contribution < -0.4 is 5.46 Å². The van der Waals surface area contributed by atoms with Gasteiger partial charge in [-0.3, -0.25) is 0 Å². The molecule has 6 aromatic rings. The van der Waals surface area contributed by atoms with E-state index in [1.807, 2.05) is 60.7 Å². The van der Waals surface area contributed by atoms with Gasteiger partial charge in [0.2, 0.25) is 0 Å². The molecule has 1 fully saturated rings. The van der Waals surface area contributed by atoms with E-state index >= 15 is 0 Å². The molecule has 0 atom stereocenters. The summed E-state index contributed by atoms with van der Waals surface area (Å²) in [5.41, 5.74) is 7.21. The number of nitrogens with zero attached hydrogens (tertiary/aromatic N) is 3. The van der Waals surface area contributed by atoms with Crippen LogP contribution in [0, 0.1) is 0 Å². The summed E-state index contributed by atoms with van der Waals surface area (Å²) in [7, 11) is -0.551. The van der Waals surface area contributed by atoms with Crippen molar-refractivity contribution in [1.29, 1.82) is 0 Å². The van der Waals surface area contributed by atoms with Crippen LogP contribution in [0.4, 0.5) is 0 Å². The maximum atomic E-state index is 6.46. The van der Waals surface area contributed by atoms with Gasteiger partial charge in [-0.1, -0.05) is 133 Å². The molecule has 0 aliphatic carbocycles. The van der Waals surface area contributed by atoms with Gasteiger partial charge in [0, 0.05) is 16.7 Å². The van der Waals surface area contributed by atoms with E-state index in [1.54, 1.807) is 0 Å². The van der Waals surface area contributed by atoms with Gasteiger partial charge in [-0.25, -0.2) is 15.0 Å². The normalized spacial score (nSPS) is 15.2. The van der Waals surface area contributed by atoms with Crippen molar-refractivity contribution in [3.63, 3.8) is 0 Å². The first-order valence-electron chi connectivity index (χ1n) is 15.3. The van der Waals surface area contributed by atoms with Gasteiger partial charge in [-0.15, -0.1) is 0 Å². The Bertz CT molecular complexity index is 1820. The average Bonchev–Trinajstić information content (AvgIpc) is 3.31. The summed E-state index contributed by atoms with van der Waals surface area (Å²) in [4.78, 5) is 15.1. The second-order valence-electron chi connectivity index (χ2n) is 12.4. The van der Waals surface area contributed by atoms with E-state index in [-0.39, 0.29) is 0 Å². The largest absolute Gasteiger partial charge is 0.495 e. The summed E-state index contributed by atoms with van der Waals surface area (Å²) < 4.78 is 12.9. The fraction of sp³-hybridized carbons (Fsp3) is 0.154.